The highest BCUT2D eigenvalue weighted by molar-refractivity contribution is 5.82. The molecule has 2 heterocycles. The van der Waals surface area contributed by atoms with Gasteiger partial charge in [-0.05, 0) is 31.9 Å². The van der Waals surface area contributed by atoms with E-state index in [2.05, 4.69) is 40.4 Å². The van der Waals surface area contributed by atoms with Gasteiger partial charge in [0, 0.05) is 32.4 Å². The molecule has 0 bridgehead atoms. The summed E-state index contributed by atoms with van der Waals surface area (Å²) in [6.45, 7) is 10.7. The van der Waals surface area contributed by atoms with Crippen LogP contribution in [0.15, 0.2) is 18.3 Å². The Hall–Kier alpha value is -2.17. The largest absolute Gasteiger partial charge is 0.373 e. The fourth-order valence-corrected chi connectivity index (χ4v) is 3.44. The van der Waals surface area contributed by atoms with Gasteiger partial charge in [0.15, 0.2) is 0 Å². The molecule has 0 spiro atoms. The van der Waals surface area contributed by atoms with Gasteiger partial charge < -0.3 is 15.4 Å². The highest BCUT2D eigenvalue weighted by atomic mass is 16.5. The molecule has 26 heavy (non-hydrogen) atoms. The topological polar surface area (TPSA) is 90.3 Å². The number of nitrogens with one attached hydrogen (secondary N) is 2. The summed E-state index contributed by atoms with van der Waals surface area (Å²) in [5, 5.41) is 15.2. The summed E-state index contributed by atoms with van der Waals surface area (Å²) in [5.74, 6) is 0.784. The first kappa shape index (κ1) is 20.1. The van der Waals surface area contributed by atoms with E-state index in [1.54, 1.807) is 18.3 Å². The predicted octanol–water partition coefficient (Wildman–Crippen LogP) is 1.62. The van der Waals surface area contributed by atoms with Crippen molar-refractivity contribution in [2.24, 2.45) is 5.92 Å². The monoisotopic (exact) mass is 359 g/mol. The molecule has 1 saturated heterocycles. The number of nitrogens with zero attached hydrogens (tertiary/aromatic N) is 3. The first-order valence-electron chi connectivity index (χ1n) is 9.18. The van der Waals surface area contributed by atoms with Gasteiger partial charge in [-0.3, -0.25) is 9.69 Å². The van der Waals surface area contributed by atoms with Crippen LogP contribution in [0.2, 0.25) is 0 Å². The third-order valence-corrected chi connectivity index (χ3v) is 4.39. The number of hydrogen-bond donors (Lipinski definition) is 2. The van der Waals surface area contributed by atoms with Crippen molar-refractivity contribution in [3.05, 3.63) is 23.9 Å². The highest BCUT2D eigenvalue weighted by Crippen LogP contribution is 2.18. The molecule has 1 fully saturated rings. The van der Waals surface area contributed by atoms with Gasteiger partial charge in [-0.2, -0.15) is 5.26 Å². The molecular weight excluding hydrogens is 330 g/mol. The molecule has 1 aliphatic rings. The molecule has 2 rings (SSSR count). The molecule has 1 aromatic heterocycles. The summed E-state index contributed by atoms with van der Waals surface area (Å²) in [4.78, 5) is 19.1. The molecule has 0 aromatic carbocycles. The molecule has 142 valence electrons. The van der Waals surface area contributed by atoms with E-state index in [4.69, 9.17) is 10.00 Å². The van der Waals surface area contributed by atoms with Crippen molar-refractivity contribution in [3.63, 3.8) is 0 Å². The zero-order valence-electron chi connectivity index (χ0n) is 16.0. The van der Waals surface area contributed by atoms with E-state index < -0.39 is 0 Å². The molecule has 2 N–H and O–H groups in total. The molecule has 0 saturated carbocycles. The number of carbonyl (C=O) groups excluding carboxylic acids is 1. The number of hydrogen-bond acceptors (Lipinski definition) is 6. The van der Waals surface area contributed by atoms with Gasteiger partial charge in [0.1, 0.15) is 11.9 Å². The predicted molar refractivity (Wildman–Crippen MR) is 101 cm³/mol. The minimum absolute atomic E-state index is 0.0321. The lowest BCUT2D eigenvalue weighted by Crippen LogP contribution is -2.57. The van der Waals surface area contributed by atoms with E-state index in [9.17, 15) is 4.79 Å². The van der Waals surface area contributed by atoms with Crippen LogP contribution in [0.4, 0.5) is 5.82 Å². The van der Waals surface area contributed by atoms with Crippen molar-refractivity contribution < 1.29 is 9.53 Å². The Bertz CT molecular complexity index is 633. The summed E-state index contributed by atoms with van der Waals surface area (Å²) in [6.07, 6.45) is 1.89. The van der Waals surface area contributed by atoms with Crippen LogP contribution in [0, 0.1) is 17.2 Å². The number of anilines is 1. The molecule has 0 radical (unpaired) electrons. The lowest BCUT2D eigenvalue weighted by Gasteiger charge is -2.41. The van der Waals surface area contributed by atoms with E-state index in [0.717, 1.165) is 13.1 Å². The van der Waals surface area contributed by atoms with Crippen molar-refractivity contribution in [2.45, 2.75) is 45.9 Å². The van der Waals surface area contributed by atoms with Crippen LogP contribution in [0.25, 0.3) is 0 Å². The number of amides is 1. The van der Waals surface area contributed by atoms with Crippen LogP contribution >= 0.6 is 0 Å². The summed E-state index contributed by atoms with van der Waals surface area (Å²) >= 11 is 0. The molecule has 0 aliphatic carbocycles. The summed E-state index contributed by atoms with van der Waals surface area (Å²) in [7, 11) is 0. The number of pyridine rings is 1. The molecule has 0 unspecified atom stereocenters. The number of aromatic nitrogens is 1. The SMILES string of the molecule is CC(C)[C@@H](C(=O)NCCNc1ncccc1C#N)N1C[C@@H](C)O[C@H](C)C1. The fraction of sp³-hybridized carbons (Fsp3) is 0.632. The average Bonchev–Trinajstić information content (AvgIpc) is 2.58. The van der Waals surface area contributed by atoms with Crippen LogP contribution in [0.1, 0.15) is 33.3 Å². The molecule has 3 atom stereocenters. The highest BCUT2D eigenvalue weighted by Gasteiger charge is 2.33. The van der Waals surface area contributed by atoms with Crippen molar-refractivity contribution in [2.75, 3.05) is 31.5 Å². The second kappa shape index (κ2) is 9.51. The van der Waals surface area contributed by atoms with E-state index in [1.165, 1.54) is 0 Å². The van der Waals surface area contributed by atoms with E-state index in [1.807, 2.05) is 13.8 Å². The molecule has 7 nitrogen and oxygen atoms in total. The molecule has 1 amide bonds. The Morgan fingerprint density at radius 2 is 2.08 bits per heavy atom. The number of rotatable bonds is 7. The van der Waals surface area contributed by atoms with Crippen LogP contribution in [-0.4, -0.2) is 60.2 Å². The third kappa shape index (κ3) is 5.41. The quantitative estimate of drug-likeness (QED) is 0.719. The van der Waals surface area contributed by atoms with Gasteiger partial charge in [-0.1, -0.05) is 13.8 Å². The number of carbonyl (C=O) groups is 1. The maximum Gasteiger partial charge on any atom is 0.237 e. The third-order valence-electron chi connectivity index (χ3n) is 4.39. The van der Waals surface area contributed by atoms with Gasteiger partial charge in [0.05, 0.1) is 23.8 Å². The second-order valence-electron chi connectivity index (χ2n) is 7.13. The smallest absolute Gasteiger partial charge is 0.237 e. The Kier molecular flexibility index (Phi) is 7.37. The maximum absolute atomic E-state index is 12.7. The fourth-order valence-electron chi connectivity index (χ4n) is 3.44. The molecule has 1 aliphatic heterocycles. The minimum atomic E-state index is -0.173. The van der Waals surface area contributed by atoms with Gasteiger partial charge in [-0.25, -0.2) is 4.98 Å². The van der Waals surface area contributed by atoms with Gasteiger partial charge in [0.2, 0.25) is 5.91 Å². The lowest BCUT2D eigenvalue weighted by molar-refractivity contribution is -0.135. The standard InChI is InChI=1S/C19H29N5O2/c1-13(2)17(24-11-14(3)26-15(4)12-24)19(25)23-9-8-22-18-16(10-20)6-5-7-21-18/h5-7,13-15,17H,8-9,11-12H2,1-4H3,(H,21,22)(H,23,25)/t14-,15-,17+/m1/s1. The zero-order chi connectivity index (χ0) is 19.1. The Labute approximate surface area is 155 Å². The Morgan fingerprint density at radius 1 is 1.38 bits per heavy atom. The summed E-state index contributed by atoms with van der Waals surface area (Å²) in [6, 6.07) is 5.36. The Morgan fingerprint density at radius 3 is 2.69 bits per heavy atom. The van der Waals surface area contributed by atoms with Gasteiger partial charge in [0.25, 0.3) is 0 Å². The molecular formula is C19H29N5O2. The summed E-state index contributed by atoms with van der Waals surface area (Å²) < 4.78 is 5.78. The van der Waals surface area contributed by atoms with Crippen molar-refractivity contribution in [1.29, 1.82) is 5.26 Å². The average molecular weight is 359 g/mol. The first-order chi connectivity index (χ1) is 12.4. The van der Waals surface area contributed by atoms with E-state index in [-0.39, 0.29) is 30.1 Å². The number of nitriles is 1. The first-order valence-corrected chi connectivity index (χ1v) is 9.18. The van der Waals surface area contributed by atoms with E-state index in [0.29, 0.717) is 24.5 Å². The van der Waals surface area contributed by atoms with Crippen LogP contribution in [-0.2, 0) is 9.53 Å². The van der Waals surface area contributed by atoms with Crippen LogP contribution < -0.4 is 10.6 Å². The number of morpholine rings is 1. The minimum Gasteiger partial charge on any atom is -0.373 e. The van der Waals surface area contributed by atoms with Crippen molar-refractivity contribution >= 4 is 11.7 Å². The van der Waals surface area contributed by atoms with Crippen molar-refractivity contribution in [3.8, 4) is 6.07 Å². The lowest BCUT2D eigenvalue weighted by atomic mass is 9.99. The number of ether oxygens (including phenoxy) is 1. The van der Waals surface area contributed by atoms with Crippen molar-refractivity contribution in [1.82, 2.24) is 15.2 Å². The van der Waals surface area contributed by atoms with E-state index >= 15 is 0 Å². The van der Waals surface area contributed by atoms with Crippen LogP contribution in [0.5, 0.6) is 0 Å². The maximum atomic E-state index is 12.7. The molecule has 7 heteroatoms. The zero-order valence-corrected chi connectivity index (χ0v) is 16.0. The second-order valence-corrected chi connectivity index (χ2v) is 7.13. The normalized spacial score (nSPS) is 21.8. The molecule has 1 aromatic rings. The van der Waals surface area contributed by atoms with Gasteiger partial charge >= 0.3 is 0 Å². The van der Waals surface area contributed by atoms with Gasteiger partial charge in [-0.15, -0.1) is 0 Å². The Balaban J connectivity index is 1.87. The summed E-state index contributed by atoms with van der Waals surface area (Å²) in [5.41, 5.74) is 0.496. The van der Waals surface area contributed by atoms with Crippen LogP contribution in [0.3, 0.4) is 0 Å².